The zero-order valence-electron chi connectivity index (χ0n) is 8.41. The third kappa shape index (κ3) is 2.46. The normalized spacial score (nSPS) is 19.1. The van der Waals surface area contributed by atoms with Crippen molar-refractivity contribution in [2.75, 3.05) is 11.9 Å². The molecule has 0 radical (unpaired) electrons. The highest BCUT2D eigenvalue weighted by Gasteiger charge is 2.33. The Morgan fingerprint density at radius 3 is 2.73 bits per heavy atom. The van der Waals surface area contributed by atoms with E-state index in [4.69, 9.17) is 0 Å². The van der Waals surface area contributed by atoms with E-state index >= 15 is 0 Å². The number of aromatic nitrogens is 2. The van der Waals surface area contributed by atoms with Gasteiger partial charge in [-0.25, -0.2) is 9.97 Å². The Morgan fingerprint density at radius 1 is 1.40 bits per heavy atom. The summed E-state index contributed by atoms with van der Waals surface area (Å²) in [5.41, 5.74) is -0.173. The lowest BCUT2D eigenvalue weighted by Crippen LogP contribution is -2.39. The van der Waals surface area contributed by atoms with Gasteiger partial charge in [0.2, 0.25) is 0 Å². The summed E-state index contributed by atoms with van der Waals surface area (Å²) in [6.07, 6.45) is 5.85. The third-order valence-corrected chi connectivity index (χ3v) is 3.32. The summed E-state index contributed by atoms with van der Waals surface area (Å²) in [6, 6.07) is 1.83. The summed E-state index contributed by atoms with van der Waals surface area (Å²) in [6.45, 7) is 0.161. The van der Waals surface area contributed by atoms with E-state index in [2.05, 4.69) is 31.2 Å². The standard InChI is InChI=1S/C10H14BrN3O/c11-8-5-9(13-7-12-8)14-10(6-15)3-1-2-4-10/h5,7,15H,1-4,6H2,(H,12,13,14). The lowest BCUT2D eigenvalue weighted by Gasteiger charge is -2.28. The number of aliphatic hydroxyl groups excluding tert-OH is 1. The van der Waals surface area contributed by atoms with Crippen molar-refractivity contribution in [1.82, 2.24) is 9.97 Å². The van der Waals surface area contributed by atoms with Crippen molar-refractivity contribution in [1.29, 1.82) is 0 Å². The molecule has 0 atom stereocenters. The lowest BCUT2D eigenvalue weighted by molar-refractivity contribution is 0.214. The van der Waals surface area contributed by atoms with Crippen molar-refractivity contribution in [3.8, 4) is 0 Å². The van der Waals surface area contributed by atoms with Gasteiger partial charge in [0.1, 0.15) is 16.7 Å². The van der Waals surface area contributed by atoms with Crippen LogP contribution in [0, 0.1) is 0 Å². The molecule has 1 aromatic heterocycles. The molecule has 1 aliphatic rings. The Kier molecular flexibility index (Phi) is 3.21. The average Bonchev–Trinajstić information content (AvgIpc) is 2.67. The van der Waals surface area contributed by atoms with E-state index in [0.717, 1.165) is 23.3 Å². The molecule has 1 aromatic rings. The van der Waals surface area contributed by atoms with Crippen molar-refractivity contribution in [2.24, 2.45) is 0 Å². The predicted molar refractivity (Wildman–Crippen MR) is 61.6 cm³/mol. The highest BCUT2D eigenvalue weighted by molar-refractivity contribution is 9.10. The van der Waals surface area contributed by atoms with Crippen LogP contribution >= 0.6 is 15.9 Å². The van der Waals surface area contributed by atoms with E-state index in [9.17, 15) is 5.11 Å². The van der Waals surface area contributed by atoms with Crippen LogP contribution in [0.15, 0.2) is 17.0 Å². The van der Waals surface area contributed by atoms with Crippen molar-refractivity contribution in [3.05, 3.63) is 17.0 Å². The predicted octanol–water partition coefficient (Wildman–Crippen LogP) is 1.96. The van der Waals surface area contributed by atoms with Crippen LogP contribution in [0.2, 0.25) is 0 Å². The van der Waals surface area contributed by atoms with Crippen molar-refractivity contribution < 1.29 is 5.11 Å². The average molecular weight is 272 g/mol. The number of aliphatic hydroxyl groups is 1. The maximum Gasteiger partial charge on any atom is 0.130 e. The number of anilines is 1. The molecule has 2 N–H and O–H groups in total. The maximum atomic E-state index is 9.43. The molecule has 5 heteroatoms. The first kappa shape index (κ1) is 10.8. The molecule has 4 nitrogen and oxygen atoms in total. The van der Waals surface area contributed by atoms with E-state index < -0.39 is 0 Å². The highest BCUT2D eigenvalue weighted by Crippen LogP contribution is 2.32. The number of hydrogen-bond acceptors (Lipinski definition) is 4. The molecule has 0 spiro atoms. The summed E-state index contributed by atoms with van der Waals surface area (Å²) in [4.78, 5) is 8.10. The number of nitrogens with one attached hydrogen (secondary N) is 1. The van der Waals surface area contributed by atoms with Crippen LogP contribution in [0.1, 0.15) is 25.7 Å². The second kappa shape index (κ2) is 4.45. The quantitative estimate of drug-likeness (QED) is 0.826. The van der Waals surface area contributed by atoms with E-state index in [1.807, 2.05) is 6.07 Å². The smallest absolute Gasteiger partial charge is 0.130 e. The van der Waals surface area contributed by atoms with Gasteiger partial charge in [-0.1, -0.05) is 12.8 Å². The molecule has 0 aliphatic heterocycles. The molecule has 0 unspecified atom stereocenters. The van der Waals surface area contributed by atoms with E-state index in [1.54, 1.807) is 0 Å². The SMILES string of the molecule is OCC1(Nc2cc(Br)ncn2)CCCC1. The van der Waals surface area contributed by atoms with Crippen molar-refractivity contribution in [3.63, 3.8) is 0 Å². The molecule has 1 heterocycles. The fourth-order valence-electron chi connectivity index (χ4n) is 2.05. The minimum Gasteiger partial charge on any atom is -0.394 e. The number of halogens is 1. The fourth-order valence-corrected chi connectivity index (χ4v) is 2.36. The second-order valence-electron chi connectivity index (χ2n) is 4.00. The molecular weight excluding hydrogens is 258 g/mol. The van der Waals surface area contributed by atoms with Gasteiger partial charge in [0, 0.05) is 6.07 Å². The van der Waals surface area contributed by atoms with Crippen molar-refractivity contribution >= 4 is 21.7 Å². The molecule has 1 aliphatic carbocycles. The zero-order chi connectivity index (χ0) is 10.7. The molecule has 0 saturated heterocycles. The number of nitrogens with zero attached hydrogens (tertiary/aromatic N) is 2. The third-order valence-electron chi connectivity index (χ3n) is 2.89. The first-order chi connectivity index (χ1) is 7.24. The largest absolute Gasteiger partial charge is 0.394 e. The molecule has 1 saturated carbocycles. The topological polar surface area (TPSA) is 58.0 Å². The first-order valence-corrected chi connectivity index (χ1v) is 5.90. The Hall–Kier alpha value is -0.680. The van der Waals surface area contributed by atoms with Gasteiger partial charge in [-0.3, -0.25) is 0 Å². The summed E-state index contributed by atoms with van der Waals surface area (Å²) in [5, 5.41) is 12.7. The monoisotopic (exact) mass is 271 g/mol. The maximum absolute atomic E-state index is 9.43. The molecule has 0 bridgehead atoms. The minimum absolute atomic E-state index is 0.161. The summed E-state index contributed by atoms with van der Waals surface area (Å²) >= 11 is 3.30. The van der Waals surface area contributed by atoms with Gasteiger partial charge < -0.3 is 10.4 Å². The van der Waals surface area contributed by atoms with Crippen LogP contribution in [0.5, 0.6) is 0 Å². The van der Waals surface area contributed by atoms with E-state index in [-0.39, 0.29) is 12.1 Å². The minimum atomic E-state index is -0.173. The fraction of sp³-hybridized carbons (Fsp3) is 0.600. The Morgan fingerprint density at radius 2 is 2.13 bits per heavy atom. The van der Waals surface area contributed by atoms with Crippen LogP contribution in [0.3, 0.4) is 0 Å². The van der Waals surface area contributed by atoms with Gasteiger partial charge >= 0.3 is 0 Å². The first-order valence-electron chi connectivity index (χ1n) is 5.11. The molecule has 0 aromatic carbocycles. The number of hydrogen-bond donors (Lipinski definition) is 2. The van der Waals surface area contributed by atoms with E-state index in [0.29, 0.717) is 0 Å². The summed E-state index contributed by atoms with van der Waals surface area (Å²) in [7, 11) is 0. The molecule has 82 valence electrons. The van der Waals surface area contributed by atoms with Crippen LogP contribution in [0.25, 0.3) is 0 Å². The van der Waals surface area contributed by atoms with Gasteiger partial charge in [0.05, 0.1) is 12.1 Å². The van der Waals surface area contributed by atoms with E-state index in [1.165, 1.54) is 19.2 Å². The van der Waals surface area contributed by atoms with Gasteiger partial charge in [-0.15, -0.1) is 0 Å². The zero-order valence-corrected chi connectivity index (χ0v) is 10.00. The molecule has 0 amide bonds. The Labute approximate surface area is 97.3 Å². The van der Waals surface area contributed by atoms with Crippen LogP contribution in [-0.4, -0.2) is 27.2 Å². The molecule has 1 fully saturated rings. The van der Waals surface area contributed by atoms with Crippen LogP contribution in [-0.2, 0) is 0 Å². The highest BCUT2D eigenvalue weighted by atomic mass is 79.9. The molecule has 2 rings (SSSR count). The lowest BCUT2D eigenvalue weighted by atomic mass is 9.99. The molecular formula is C10H14BrN3O. The van der Waals surface area contributed by atoms with Gasteiger partial charge in [-0.2, -0.15) is 0 Å². The van der Waals surface area contributed by atoms with Crippen molar-refractivity contribution in [2.45, 2.75) is 31.2 Å². The van der Waals surface area contributed by atoms with Crippen LogP contribution < -0.4 is 5.32 Å². The van der Waals surface area contributed by atoms with Gasteiger partial charge in [0.15, 0.2) is 0 Å². The Bertz CT molecular complexity index is 339. The van der Waals surface area contributed by atoms with Gasteiger partial charge in [-0.05, 0) is 28.8 Å². The molecule has 15 heavy (non-hydrogen) atoms. The summed E-state index contributed by atoms with van der Waals surface area (Å²) in [5.74, 6) is 0.771. The van der Waals surface area contributed by atoms with Gasteiger partial charge in [0.25, 0.3) is 0 Å². The van der Waals surface area contributed by atoms with Crippen LogP contribution in [0.4, 0.5) is 5.82 Å². The second-order valence-corrected chi connectivity index (χ2v) is 4.81. The summed E-state index contributed by atoms with van der Waals surface area (Å²) < 4.78 is 0.756. The number of rotatable bonds is 3. The Balaban J connectivity index is 2.12.